The lowest BCUT2D eigenvalue weighted by Gasteiger charge is -2.10. The number of nitrogens with one attached hydrogen (secondary N) is 1. The molecule has 1 amide bonds. The Morgan fingerprint density at radius 1 is 1.33 bits per heavy atom. The molecule has 112 valence electrons. The van der Waals surface area contributed by atoms with Crippen LogP contribution in [0.4, 0.5) is 0 Å². The first-order valence-corrected chi connectivity index (χ1v) is 7.11. The van der Waals surface area contributed by atoms with Gasteiger partial charge in [0.1, 0.15) is 6.26 Å². The Bertz CT molecular complexity index is 578. The maximum Gasteiger partial charge on any atom is 0.273 e. The van der Waals surface area contributed by atoms with E-state index in [-0.39, 0.29) is 23.6 Å². The van der Waals surface area contributed by atoms with Crippen LogP contribution >= 0.6 is 0 Å². The number of rotatable bonds is 6. The highest BCUT2D eigenvalue weighted by atomic mass is 16.3. The molecule has 0 bridgehead atoms. The van der Waals surface area contributed by atoms with Crippen molar-refractivity contribution >= 4 is 5.91 Å². The maximum absolute atomic E-state index is 12.0. The average molecular weight is 287 g/mol. The average Bonchev–Trinajstić information content (AvgIpc) is 2.97. The second-order valence-electron chi connectivity index (χ2n) is 5.33. The molecule has 0 aliphatic carbocycles. The fraction of sp³-hybridized carbons (Fsp3) is 0.375. The van der Waals surface area contributed by atoms with Crippen molar-refractivity contribution < 1.29 is 9.21 Å². The van der Waals surface area contributed by atoms with Gasteiger partial charge in [-0.2, -0.15) is 0 Å². The zero-order chi connectivity index (χ0) is 15.2. The minimum Gasteiger partial charge on any atom is -0.446 e. The van der Waals surface area contributed by atoms with Crippen molar-refractivity contribution in [2.75, 3.05) is 6.54 Å². The van der Waals surface area contributed by atoms with Crippen LogP contribution in [0.2, 0.25) is 0 Å². The van der Waals surface area contributed by atoms with E-state index in [0.717, 1.165) is 6.42 Å². The SMILES string of the molecule is CC(C)C(N)c1nc(C(=O)NCCc2ccccc2)co1. The van der Waals surface area contributed by atoms with E-state index in [1.54, 1.807) is 0 Å². The smallest absolute Gasteiger partial charge is 0.273 e. The van der Waals surface area contributed by atoms with Crippen molar-refractivity contribution in [2.24, 2.45) is 11.7 Å². The van der Waals surface area contributed by atoms with Gasteiger partial charge in [0, 0.05) is 6.54 Å². The summed E-state index contributed by atoms with van der Waals surface area (Å²) in [5.41, 5.74) is 7.39. The summed E-state index contributed by atoms with van der Waals surface area (Å²) in [5, 5.41) is 2.83. The van der Waals surface area contributed by atoms with Crippen LogP contribution in [0.5, 0.6) is 0 Å². The summed E-state index contributed by atoms with van der Waals surface area (Å²) < 4.78 is 5.28. The summed E-state index contributed by atoms with van der Waals surface area (Å²) in [6, 6.07) is 9.69. The van der Waals surface area contributed by atoms with Gasteiger partial charge < -0.3 is 15.5 Å². The maximum atomic E-state index is 12.0. The lowest BCUT2D eigenvalue weighted by Crippen LogP contribution is -2.26. The van der Waals surface area contributed by atoms with E-state index < -0.39 is 0 Å². The summed E-state index contributed by atoms with van der Waals surface area (Å²) in [6.45, 7) is 4.52. The molecule has 0 fully saturated rings. The van der Waals surface area contributed by atoms with Crippen LogP contribution in [-0.2, 0) is 6.42 Å². The van der Waals surface area contributed by atoms with Crippen LogP contribution in [0.3, 0.4) is 0 Å². The first-order chi connectivity index (χ1) is 10.1. The van der Waals surface area contributed by atoms with Crippen LogP contribution in [-0.4, -0.2) is 17.4 Å². The summed E-state index contributed by atoms with van der Waals surface area (Å²) in [7, 11) is 0. The van der Waals surface area contributed by atoms with E-state index in [1.165, 1.54) is 11.8 Å². The Morgan fingerprint density at radius 2 is 2.05 bits per heavy atom. The van der Waals surface area contributed by atoms with Crippen molar-refractivity contribution in [3.8, 4) is 0 Å². The molecule has 0 saturated carbocycles. The number of amides is 1. The molecule has 0 spiro atoms. The molecular formula is C16H21N3O2. The highest BCUT2D eigenvalue weighted by Crippen LogP contribution is 2.17. The first kappa shape index (κ1) is 15.3. The molecule has 21 heavy (non-hydrogen) atoms. The zero-order valence-corrected chi connectivity index (χ0v) is 12.4. The molecule has 0 aliphatic rings. The molecule has 2 rings (SSSR count). The molecule has 1 aromatic heterocycles. The molecule has 1 atom stereocenters. The Kier molecular flexibility index (Phi) is 5.11. The fourth-order valence-corrected chi connectivity index (χ4v) is 1.89. The number of nitrogens with zero attached hydrogens (tertiary/aromatic N) is 1. The zero-order valence-electron chi connectivity index (χ0n) is 12.4. The van der Waals surface area contributed by atoms with Crippen LogP contribution in [0.1, 0.15) is 41.8 Å². The molecule has 3 N–H and O–H groups in total. The lowest BCUT2D eigenvalue weighted by molar-refractivity contribution is 0.0949. The third kappa shape index (κ3) is 4.16. The second kappa shape index (κ2) is 7.04. The van der Waals surface area contributed by atoms with Gasteiger partial charge in [0.05, 0.1) is 6.04 Å². The number of hydrogen-bond donors (Lipinski definition) is 2. The summed E-state index contributed by atoms with van der Waals surface area (Å²) in [5.74, 6) is 0.368. The Morgan fingerprint density at radius 3 is 2.71 bits per heavy atom. The topological polar surface area (TPSA) is 81.1 Å². The monoisotopic (exact) mass is 287 g/mol. The lowest BCUT2D eigenvalue weighted by atomic mass is 10.1. The minimum atomic E-state index is -0.295. The predicted octanol–water partition coefficient (Wildman–Crippen LogP) is 2.30. The summed E-state index contributed by atoms with van der Waals surface area (Å²) >= 11 is 0. The number of aromatic nitrogens is 1. The van der Waals surface area contributed by atoms with Crippen LogP contribution in [0.25, 0.3) is 0 Å². The summed E-state index contributed by atoms with van der Waals surface area (Å²) in [4.78, 5) is 16.1. The summed E-state index contributed by atoms with van der Waals surface area (Å²) in [6.07, 6.45) is 2.14. The Hall–Kier alpha value is -2.14. The number of benzene rings is 1. The van der Waals surface area contributed by atoms with Crippen LogP contribution in [0, 0.1) is 5.92 Å². The van der Waals surface area contributed by atoms with E-state index in [9.17, 15) is 4.79 Å². The highest BCUT2D eigenvalue weighted by Gasteiger charge is 2.19. The van der Waals surface area contributed by atoms with Gasteiger partial charge in [0.15, 0.2) is 5.69 Å². The van der Waals surface area contributed by atoms with Crippen molar-refractivity contribution in [3.63, 3.8) is 0 Å². The normalized spacial score (nSPS) is 12.4. The third-order valence-corrected chi connectivity index (χ3v) is 3.30. The molecule has 1 heterocycles. The van der Waals surface area contributed by atoms with E-state index in [1.807, 2.05) is 44.2 Å². The van der Waals surface area contributed by atoms with Crippen molar-refractivity contribution in [1.29, 1.82) is 0 Å². The second-order valence-corrected chi connectivity index (χ2v) is 5.33. The van der Waals surface area contributed by atoms with Crippen LogP contribution < -0.4 is 11.1 Å². The van der Waals surface area contributed by atoms with Gasteiger partial charge in [-0.3, -0.25) is 4.79 Å². The third-order valence-electron chi connectivity index (χ3n) is 3.30. The van der Waals surface area contributed by atoms with Gasteiger partial charge >= 0.3 is 0 Å². The number of carbonyl (C=O) groups excluding carboxylic acids is 1. The van der Waals surface area contributed by atoms with Gasteiger partial charge in [-0.05, 0) is 17.9 Å². The quantitative estimate of drug-likeness (QED) is 0.854. The number of oxazole rings is 1. The number of nitrogens with two attached hydrogens (primary N) is 1. The Balaban J connectivity index is 1.86. The number of hydrogen-bond acceptors (Lipinski definition) is 4. The molecule has 1 aromatic carbocycles. The molecule has 0 radical (unpaired) electrons. The predicted molar refractivity (Wildman–Crippen MR) is 80.7 cm³/mol. The first-order valence-electron chi connectivity index (χ1n) is 7.11. The van der Waals surface area contributed by atoms with Gasteiger partial charge in [0.25, 0.3) is 5.91 Å². The molecule has 0 saturated heterocycles. The fourth-order valence-electron chi connectivity index (χ4n) is 1.89. The molecule has 5 heteroatoms. The van der Waals surface area contributed by atoms with Gasteiger partial charge in [0.2, 0.25) is 5.89 Å². The van der Waals surface area contributed by atoms with Gasteiger partial charge in [-0.1, -0.05) is 44.2 Å². The molecule has 2 aromatic rings. The van der Waals surface area contributed by atoms with Crippen LogP contribution in [0.15, 0.2) is 41.0 Å². The molecule has 0 aliphatic heterocycles. The Labute approximate surface area is 124 Å². The largest absolute Gasteiger partial charge is 0.446 e. The molecular weight excluding hydrogens is 266 g/mol. The van der Waals surface area contributed by atoms with E-state index in [4.69, 9.17) is 10.2 Å². The van der Waals surface area contributed by atoms with Crippen molar-refractivity contribution in [2.45, 2.75) is 26.3 Å². The van der Waals surface area contributed by atoms with Crippen molar-refractivity contribution in [3.05, 3.63) is 53.7 Å². The van der Waals surface area contributed by atoms with E-state index >= 15 is 0 Å². The van der Waals surface area contributed by atoms with Gasteiger partial charge in [-0.15, -0.1) is 0 Å². The highest BCUT2D eigenvalue weighted by molar-refractivity contribution is 5.91. The van der Waals surface area contributed by atoms with Gasteiger partial charge in [-0.25, -0.2) is 4.98 Å². The van der Waals surface area contributed by atoms with E-state index in [0.29, 0.717) is 12.4 Å². The molecule has 5 nitrogen and oxygen atoms in total. The standard InChI is InChI=1S/C16H21N3O2/c1-11(2)14(17)16-19-13(10-21-16)15(20)18-9-8-12-6-4-3-5-7-12/h3-7,10-11,14H,8-9,17H2,1-2H3,(H,18,20). The molecule has 1 unspecified atom stereocenters. The van der Waals surface area contributed by atoms with Crippen molar-refractivity contribution in [1.82, 2.24) is 10.3 Å². The minimum absolute atomic E-state index is 0.206. The van der Waals surface area contributed by atoms with E-state index in [2.05, 4.69) is 10.3 Å². The number of carbonyl (C=O) groups is 1.